The average Bonchev–Trinajstić information content (AvgIpc) is 2.78. The molecular weight excluding hydrogens is 220 g/mol. The van der Waals surface area contributed by atoms with Crippen LogP contribution in [0.4, 0.5) is 0 Å². The van der Waals surface area contributed by atoms with Gasteiger partial charge in [-0.1, -0.05) is 39.0 Å². The van der Waals surface area contributed by atoms with E-state index in [1.54, 1.807) is 0 Å². The fourth-order valence-corrected chi connectivity index (χ4v) is 2.98. The van der Waals surface area contributed by atoms with Crippen molar-refractivity contribution >= 4 is 21.9 Å². The van der Waals surface area contributed by atoms with E-state index in [1.165, 1.54) is 27.6 Å². The highest BCUT2D eigenvalue weighted by Crippen LogP contribution is 2.34. The summed E-state index contributed by atoms with van der Waals surface area (Å²) >= 11 is 0. The summed E-state index contributed by atoms with van der Waals surface area (Å²) in [6.07, 6.45) is 0. The second kappa shape index (κ2) is 3.41. The standard InChI is InChI=1S/C16H20N2/c1-16(2,3)14-10-13-15(18(14)5)11-8-6-7-9-12(11)17(13)4/h6-10H,1-5H3. The summed E-state index contributed by atoms with van der Waals surface area (Å²) in [5.74, 6) is 0. The molecule has 0 spiro atoms. The van der Waals surface area contributed by atoms with Crippen molar-refractivity contribution in [1.29, 1.82) is 0 Å². The van der Waals surface area contributed by atoms with Crippen molar-refractivity contribution in [3.63, 3.8) is 0 Å². The molecule has 3 rings (SSSR count). The van der Waals surface area contributed by atoms with Crippen LogP contribution >= 0.6 is 0 Å². The van der Waals surface area contributed by atoms with Crippen molar-refractivity contribution in [3.8, 4) is 0 Å². The predicted octanol–water partition coefficient (Wildman–Crippen LogP) is 3.97. The zero-order chi connectivity index (χ0) is 13.1. The zero-order valence-corrected chi connectivity index (χ0v) is 11.8. The van der Waals surface area contributed by atoms with Gasteiger partial charge in [-0.15, -0.1) is 0 Å². The first-order chi connectivity index (χ1) is 8.41. The van der Waals surface area contributed by atoms with E-state index in [1.807, 2.05) is 0 Å². The molecule has 0 aliphatic carbocycles. The summed E-state index contributed by atoms with van der Waals surface area (Å²) in [7, 11) is 4.33. The van der Waals surface area contributed by atoms with Gasteiger partial charge in [-0.05, 0) is 12.1 Å². The van der Waals surface area contributed by atoms with Gasteiger partial charge in [-0.25, -0.2) is 0 Å². The molecule has 0 radical (unpaired) electrons. The second-order valence-electron chi connectivity index (χ2n) is 6.15. The highest BCUT2D eigenvalue weighted by Gasteiger charge is 2.22. The molecular formula is C16H20N2. The third kappa shape index (κ3) is 1.35. The number of para-hydroxylation sites is 1. The smallest absolute Gasteiger partial charge is 0.0742 e. The molecule has 18 heavy (non-hydrogen) atoms. The molecule has 0 amide bonds. The number of hydrogen-bond donors (Lipinski definition) is 0. The maximum absolute atomic E-state index is 2.34. The summed E-state index contributed by atoms with van der Waals surface area (Å²) in [5, 5.41) is 1.34. The molecule has 0 atom stereocenters. The molecule has 2 heterocycles. The van der Waals surface area contributed by atoms with Crippen molar-refractivity contribution in [2.75, 3.05) is 0 Å². The number of aryl methyl sites for hydroxylation is 2. The Morgan fingerprint density at radius 3 is 2.22 bits per heavy atom. The lowest BCUT2D eigenvalue weighted by atomic mass is 9.92. The van der Waals surface area contributed by atoms with Crippen molar-refractivity contribution < 1.29 is 0 Å². The van der Waals surface area contributed by atoms with E-state index in [0.29, 0.717) is 0 Å². The van der Waals surface area contributed by atoms with Crippen molar-refractivity contribution in [2.24, 2.45) is 14.1 Å². The molecule has 3 aromatic rings. The van der Waals surface area contributed by atoms with Crippen molar-refractivity contribution in [3.05, 3.63) is 36.0 Å². The maximum Gasteiger partial charge on any atom is 0.0742 e. The molecule has 0 saturated carbocycles. The third-order valence-electron chi connectivity index (χ3n) is 3.86. The van der Waals surface area contributed by atoms with E-state index < -0.39 is 0 Å². The summed E-state index contributed by atoms with van der Waals surface area (Å²) in [6.45, 7) is 6.80. The first-order valence-corrected chi connectivity index (χ1v) is 6.44. The third-order valence-corrected chi connectivity index (χ3v) is 3.86. The van der Waals surface area contributed by atoms with Gasteiger partial charge in [0.2, 0.25) is 0 Å². The van der Waals surface area contributed by atoms with Crippen LogP contribution in [0, 0.1) is 0 Å². The van der Waals surface area contributed by atoms with Gasteiger partial charge < -0.3 is 9.13 Å². The topological polar surface area (TPSA) is 9.86 Å². The number of hydrogen-bond acceptors (Lipinski definition) is 0. The lowest BCUT2D eigenvalue weighted by Crippen LogP contribution is -2.15. The highest BCUT2D eigenvalue weighted by molar-refractivity contribution is 6.06. The largest absolute Gasteiger partial charge is 0.345 e. The number of fused-ring (bicyclic) bond motifs is 3. The van der Waals surface area contributed by atoms with Gasteiger partial charge in [-0.2, -0.15) is 0 Å². The van der Waals surface area contributed by atoms with E-state index in [9.17, 15) is 0 Å². The first kappa shape index (κ1) is 11.4. The van der Waals surface area contributed by atoms with Gasteiger partial charge in [0, 0.05) is 30.6 Å². The molecule has 0 fully saturated rings. The van der Waals surface area contributed by atoms with Crippen LogP contribution in [-0.4, -0.2) is 9.13 Å². The number of benzene rings is 1. The minimum atomic E-state index is 0.175. The Balaban J connectivity index is 2.50. The summed E-state index contributed by atoms with van der Waals surface area (Å²) in [4.78, 5) is 0. The molecule has 0 N–H and O–H groups in total. The normalized spacial score (nSPS) is 12.7. The fraction of sp³-hybridized carbons (Fsp3) is 0.375. The van der Waals surface area contributed by atoms with Gasteiger partial charge in [0.1, 0.15) is 0 Å². The molecule has 0 aliphatic rings. The average molecular weight is 240 g/mol. The van der Waals surface area contributed by atoms with E-state index in [2.05, 4.69) is 74.3 Å². The Morgan fingerprint density at radius 1 is 0.889 bits per heavy atom. The number of nitrogens with zero attached hydrogens (tertiary/aromatic N) is 2. The molecule has 1 aromatic carbocycles. The lowest BCUT2D eigenvalue weighted by molar-refractivity contribution is 0.547. The zero-order valence-electron chi connectivity index (χ0n) is 11.8. The van der Waals surface area contributed by atoms with Crippen LogP contribution in [-0.2, 0) is 19.5 Å². The predicted molar refractivity (Wildman–Crippen MR) is 78.1 cm³/mol. The van der Waals surface area contributed by atoms with Crippen molar-refractivity contribution in [2.45, 2.75) is 26.2 Å². The quantitative estimate of drug-likeness (QED) is 0.563. The molecule has 0 saturated heterocycles. The van der Waals surface area contributed by atoms with E-state index in [4.69, 9.17) is 0 Å². The van der Waals surface area contributed by atoms with Crippen LogP contribution in [0.5, 0.6) is 0 Å². The van der Waals surface area contributed by atoms with Crippen LogP contribution in [0.2, 0.25) is 0 Å². The van der Waals surface area contributed by atoms with Crippen LogP contribution in [0.15, 0.2) is 30.3 Å². The second-order valence-corrected chi connectivity index (χ2v) is 6.15. The Kier molecular flexibility index (Phi) is 2.16. The lowest BCUT2D eigenvalue weighted by Gasteiger charge is -2.19. The Bertz CT molecular complexity index is 736. The molecule has 94 valence electrons. The maximum atomic E-state index is 2.34. The van der Waals surface area contributed by atoms with E-state index in [-0.39, 0.29) is 5.41 Å². The summed E-state index contributed by atoms with van der Waals surface area (Å²) in [5.41, 5.74) is 5.53. The molecule has 0 unspecified atom stereocenters. The summed E-state index contributed by atoms with van der Waals surface area (Å²) in [6, 6.07) is 10.9. The Labute approximate surface area is 108 Å². The summed E-state index contributed by atoms with van der Waals surface area (Å²) < 4.78 is 4.64. The van der Waals surface area contributed by atoms with E-state index in [0.717, 1.165) is 0 Å². The SMILES string of the molecule is Cn1c(C(C)(C)C)cc2c1c1ccccc1n2C. The van der Waals surface area contributed by atoms with Crippen LogP contribution < -0.4 is 0 Å². The van der Waals surface area contributed by atoms with E-state index >= 15 is 0 Å². The van der Waals surface area contributed by atoms with Crippen LogP contribution in [0.1, 0.15) is 26.5 Å². The first-order valence-electron chi connectivity index (χ1n) is 6.44. The number of aromatic nitrogens is 2. The minimum Gasteiger partial charge on any atom is -0.345 e. The monoisotopic (exact) mass is 240 g/mol. The van der Waals surface area contributed by atoms with Crippen LogP contribution in [0.3, 0.4) is 0 Å². The van der Waals surface area contributed by atoms with Gasteiger partial charge in [0.05, 0.1) is 16.6 Å². The minimum absolute atomic E-state index is 0.175. The van der Waals surface area contributed by atoms with Gasteiger partial charge >= 0.3 is 0 Å². The van der Waals surface area contributed by atoms with Crippen LogP contribution in [0.25, 0.3) is 21.9 Å². The molecule has 2 aromatic heterocycles. The Hall–Kier alpha value is -1.70. The molecule has 0 bridgehead atoms. The number of rotatable bonds is 0. The van der Waals surface area contributed by atoms with Gasteiger partial charge in [0.25, 0.3) is 0 Å². The molecule has 2 heteroatoms. The van der Waals surface area contributed by atoms with Gasteiger partial charge in [-0.3, -0.25) is 0 Å². The Morgan fingerprint density at radius 2 is 1.56 bits per heavy atom. The molecule has 0 aliphatic heterocycles. The van der Waals surface area contributed by atoms with Gasteiger partial charge in [0.15, 0.2) is 0 Å². The van der Waals surface area contributed by atoms with Crippen molar-refractivity contribution in [1.82, 2.24) is 9.13 Å². The fourth-order valence-electron chi connectivity index (χ4n) is 2.98. The highest BCUT2D eigenvalue weighted by atomic mass is 15.0. The molecule has 2 nitrogen and oxygen atoms in total.